The maximum absolute atomic E-state index is 4.67. The lowest BCUT2D eigenvalue weighted by atomic mass is 9.97. The monoisotopic (exact) mass is 283 g/mol. The number of fused-ring (bicyclic) bond motifs is 1. The van der Waals surface area contributed by atoms with Crippen molar-refractivity contribution in [2.45, 2.75) is 32.7 Å². The molecule has 1 N–H and O–H groups in total. The number of hydrogen-bond acceptors (Lipinski definition) is 3. The summed E-state index contributed by atoms with van der Waals surface area (Å²) in [4.78, 5) is 7.14. The third-order valence-corrected chi connectivity index (χ3v) is 4.29. The molecule has 1 aliphatic rings. The van der Waals surface area contributed by atoms with Crippen LogP contribution < -0.4 is 10.2 Å². The number of nitrogens with one attached hydrogen (secondary N) is 1. The van der Waals surface area contributed by atoms with E-state index in [1.54, 1.807) is 0 Å². The summed E-state index contributed by atoms with van der Waals surface area (Å²) in [5.74, 6) is 1.88. The molecule has 1 aromatic heterocycles. The van der Waals surface area contributed by atoms with Gasteiger partial charge in [0.2, 0.25) is 0 Å². The molecule has 21 heavy (non-hydrogen) atoms. The number of aromatic nitrogens is 1. The number of pyridine rings is 1. The lowest BCUT2D eigenvalue weighted by Crippen LogP contribution is -2.41. The number of rotatable bonds is 4. The molecule has 112 valence electrons. The van der Waals surface area contributed by atoms with E-state index in [-0.39, 0.29) is 0 Å². The minimum atomic E-state index is 0.566. The van der Waals surface area contributed by atoms with Gasteiger partial charge >= 0.3 is 0 Å². The number of anilines is 1. The fraction of sp³-hybridized carbons (Fsp3) is 0.500. The van der Waals surface area contributed by atoms with Crippen LogP contribution in [-0.2, 0) is 0 Å². The van der Waals surface area contributed by atoms with Crippen molar-refractivity contribution in [1.82, 2.24) is 10.3 Å². The number of piperidine rings is 1. The second kappa shape index (κ2) is 6.44. The normalized spacial score (nSPS) is 19.4. The predicted octanol–water partition coefficient (Wildman–Crippen LogP) is 3.45. The van der Waals surface area contributed by atoms with Crippen molar-refractivity contribution in [2.75, 3.05) is 24.5 Å². The molecule has 1 aliphatic heterocycles. The first-order valence-electron chi connectivity index (χ1n) is 8.06. The molecule has 0 spiro atoms. The van der Waals surface area contributed by atoms with E-state index in [0.717, 1.165) is 31.4 Å². The summed E-state index contributed by atoms with van der Waals surface area (Å²) in [6.07, 6.45) is 4.52. The number of nitrogens with zero attached hydrogens (tertiary/aromatic N) is 2. The summed E-state index contributed by atoms with van der Waals surface area (Å²) in [5.41, 5.74) is 0. The second-order valence-electron chi connectivity index (χ2n) is 6.37. The molecule has 0 amide bonds. The van der Waals surface area contributed by atoms with Gasteiger partial charge in [0.15, 0.2) is 0 Å². The Morgan fingerprint density at radius 2 is 2.14 bits per heavy atom. The fourth-order valence-corrected chi connectivity index (χ4v) is 3.18. The molecule has 0 bridgehead atoms. The molecule has 0 aliphatic carbocycles. The molecular formula is C18H25N3. The highest BCUT2D eigenvalue weighted by Crippen LogP contribution is 2.28. The Bertz CT molecular complexity index is 589. The quantitative estimate of drug-likeness (QED) is 0.931. The summed E-state index contributed by atoms with van der Waals surface area (Å²) >= 11 is 0. The highest BCUT2D eigenvalue weighted by molar-refractivity contribution is 5.92. The standard InChI is InChI=1S/C18H25N3/c1-14(2)20-12-15-6-5-11-21(13-15)18-17-8-4-3-7-16(17)9-10-19-18/h3-4,7-10,14-15,20H,5-6,11-13H2,1-2H3. The molecule has 0 radical (unpaired) electrons. The van der Waals surface area contributed by atoms with Crippen LogP contribution >= 0.6 is 0 Å². The zero-order valence-electron chi connectivity index (χ0n) is 13.0. The molecule has 3 rings (SSSR count). The van der Waals surface area contributed by atoms with Crippen LogP contribution in [0.1, 0.15) is 26.7 Å². The van der Waals surface area contributed by atoms with Gasteiger partial charge in [-0.1, -0.05) is 38.1 Å². The lowest BCUT2D eigenvalue weighted by molar-refractivity contribution is 0.378. The van der Waals surface area contributed by atoms with E-state index in [1.807, 2.05) is 6.20 Å². The smallest absolute Gasteiger partial charge is 0.136 e. The summed E-state index contributed by atoms with van der Waals surface area (Å²) in [6.45, 7) is 7.78. The van der Waals surface area contributed by atoms with Gasteiger partial charge in [0.05, 0.1) is 0 Å². The van der Waals surface area contributed by atoms with Crippen LogP contribution in [0.25, 0.3) is 10.8 Å². The van der Waals surface area contributed by atoms with Crippen molar-refractivity contribution < 1.29 is 0 Å². The van der Waals surface area contributed by atoms with Crippen LogP contribution in [0.5, 0.6) is 0 Å². The SMILES string of the molecule is CC(C)NCC1CCCN(c2nccc3ccccc23)C1. The molecule has 1 saturated heterocycles. The second-order valence-corrected chi connectivity index (χ2v) is 6.37. The van der Waals surface area contributed by atoms with Gasteiger partial charge in [0.1, 0.15) is 5.82 Å². The minimum Gasteiger partial charge on any atom is -0.356 e. The lowest BCUT2D eigenvalue weighted by Gasteiger charge is -2.34. The molecule has 2 aromatic rings. The average molecular weight is 283 g/mol. The Morgan fingerprint density at radius 3 is 3.00 bits per heavy atom. The molecule has 1 unspecified atom stereocenters. The molecule has 1 atom stereocenters. The van der Waals surface area contributed by atoms with Crippen LogP contribution in [-0.4, -0.2) is 30.7 Å². The predicted molar refractivity (Wildman–Crippen MR) is 89.8 cm³/mol. The Balaban J connectivity index is 1.78. The Labute approximate surface area is 127 Å². The molecule has 3 heteroatoms. The van der Waals surface area contributed by atoms with Crippen LogP contribution in [0.15, 0.2) is 36.5 Å². The van der Waals surface area contributed by atoms with E-state index >= 15 is 0 Å². The van der Waals surface area contributed by atoms with Crippen LogP contribution in [0, 0.1) is 5.92 Å². The zero-order valence-corrected chi connectivity index (χ0v) is 13.0. The Morgan fingerprint density at radius 1 is 1.29 bits per heavy atom. The van der Waals surface area contributed by atoms with Gasteiger partial charge in [-0.15, -0.1) is 0 Å². The summed E-state index contributed by atoms with van der Waals surface area (Å²) < 4.78 is 0. The van der Waals surface area contributed by atoms with E-state index in [9.17, 15) is 0 Å². The maximum atomic E-state index is 4.67. The van der Waals surface area contributed by atoms with Crippen LogP contribution in [0.2, 0.25) is 0 Å². The van der Waals surface area contributed by atoms with Crippen molar-refractivity contribution in [1.29, 1.82) is 0 Å². The van der Waals surface area contributed by atoms with E-state index in [2.05, 4.69) is 59.4 Å². The molecule has 1 fully saturated rings. The van der Waals surface area contributed by atoms with Crippen molar-refractivity contribution in [3.63, 3.8) is 0 Å². The van der Waals surface area contributed by atoms with Crippen LogP contribution in [0.3, 0.4) is 0 Å². The number of hydrogen-bond donors (Lipinski definition) is 1. The van der Waals surface area contributed by atoms with E-state index < -0.39 is 0 Å². The summed E-state index contributed by atoms with van der Waals surface area (Å²) in [7, 11) is 0. The third kappa shape index (κ3) is 3.35. The van der Waals surface area contributed by atoms with E-state index in [1.165, 1.54) is 23.6 Å². The first kappa shape index (κ1) is 14.3. The van der Waals surface area contributed by atoms with Gasteiger partial charge in [-0.25, -0.2) is 4.98 Å². The van der Waals surface area contributed by atoms with Gasteiger partial charge in [-0.3, -0.25) is 0 Å². The Hall–Kier alpha value is -1.61. The van der Waals surface area contributed by atoms with Crippen LogP contribution in [0.4, 0.5) is 5.82 Å². The summed E-state index contributed by atoms with van der Waals surface area (Å²) in [5, 5.41) is 6.14. The van der Waals surface area contributed by atoms with E-state index in [0.29, 0.717) is 6.04 Å². The van der Waals surface area contributed by atoms with Crippen molar-refractivity contribution in [3.8, 4) is 0 Å². The molecule has 3 nitrogen and oxygen atoms in total. The van der Waals surface area contributed by atoms with Gasteiger partial charge in [-0.2, -0.15) is 0 Å². The van der Waals surface area contributed by atoms with Gasteiger partial charge in [-0.05, 0) is 36.8 Å². The van der Waals surface area contributed by atoms with Gasteiger partial charge in [0, 0.05) is 30.7 Å². The first-order chi connectivity index (χ1) is 10.2. The van der Waals surface area contributed by atoms with Crippen molar-refractivity contribution in [2.24, 2.45) is 5.92 Å². The highest BCUT2D eigenvalue weighted by Gasteiger charge is 2.22. The average Bonchev–Trinajstić information content (AvgIpc) is 2.52. The topological polar surface area (TPSA) is 28.2 Å². The van der Waals surface area contributed by atoms with Crippen molar-refractivity contribution in [3.05, 3.63) is 36.5 Å². The van der Waals surface area contributed by atoms with Crippen molar-refractivity contribution >= 4 is 16.6 Å². The number of benzene rings is 1. The van der Waals surface area contributed by atoms with Gasteiger partial charge in [0.25, 0.3) is 0 Å². The fourth-order valence-electron chi connectivity index (χ4n) is 3.18. The molecular weight excluding hydrogens is 258 g/mol. The molecule has 1 aromatic carbocycles. The molecule has 0 saturated carbocycles. The van der Waals surface area contributed by atoms with E-state index in [4.69, 9.17) is 0 Å². The highest BCUT2D eigenvalue weighted by atomic mass is 15.2. The third-order valence-electron chi connectivity index (χ3n) is 4.29. The first-order valence-corrected chi connectivity index (χ1v) is 8.06. The maximum Gasteiger partial charge on any atom is 0.136 e. The van der Waals surface area contributed by atoms with Gasteiger partial charge < -0.3 is 10.2 Å². The Kier molecular flexibility index (Phi) is 4.39. The minimum absolute atomic E-state index is 0.566. The summed E-state index contributed by atoms with van der Waals surface area (Å²) in [6, 6.07) is 11.2. The largest absolute Gasteiger partial charge is 0.356 e. The molecule has 2 heterocycles. The zero-order chi connectivity index (χ0) is 14.7.